The SMILES string of the molecule is CC1(C)c2ccccc2-c2ccc(-c3nc(-c4ccccc4)nc(-c4cc5c(c6ccccc6n5-c5ccccc5)c5c4ccc4c6cccc(-c7ccccc7)c6oc45)n3)cc21. The van der Waals surface area contributed by atoms with Crippen LogP contribution in [0.2, 0.25) is 0 Å². The van der Waals surface area contributed by atoms with Crippen molar-refractivity contribution in [3.05, 3.63) is 205 Å². The molecule has 0 bridgehead atoms. The topological polar surface area (TPSA) is 56.7 Å². The van der Waals surface area contributed by atoms with Crippen molar-refractivity contribution in [1.29, 1.82) is 0 Å². The maximum Gasteiger partial charge on any atom is 0.164 e. The average molecular weight is 807 g/mol. The third-order valence-electron chi connectivity index (χ3n) is 13.2. The van der Waals surface area contributed by atoms with Gasteiger partial charge in [-0.05, 0) is 69.6 Å². The van der Waals surface area contributed by atoms with Crippen molar-refractivity contribution >= 4 is 54.5 Å². The molecule has 0 atom stereocenters. The third kappa shape index (κ3) is 5.26. The lowest BCUT2D eigenvalue weighted by atomic mass is 9.82. The Labute approximate surface area is 363 Å². The number of rotatable bonds is 5. The zero-order valence-corrected chi connectivity index (χ0v) is 34.7. The number of hydrogen-bond donors (Lipinski definition) is 0. The first-order chi connectivity index (χ1) is 31.0. The molecule has 1 aliphatic carbocycles. The van der Waals surface area contributed by atoms with E-state index < -0.39 is 0 Å². The molecule has 0 aliphatic heterocycles. The Balaban J connectivity index is 1.15. The molecular formula is C58H38N4O. The Morgan fingerprint density at radius 3 is 1.79 bits per heavy atom. The van der Waals surface area contributed by atoms with Crippen LogP contribution in [0.4, 0.5) is 0 Å². The molecule has 5 nitrogen and oxygen atoms in total. The van der Waals surface area contributed by atoms with Crippen molar-refractivity contribution in [3.63, 3.8) is 0 Å². The molecule has 0 fully saturated rings. The van der Waals surface area contributed by atoms with Crippen molar-refractivity contribution in [2.75, 3.05) is 0 Å². The monoisotopic (exact) mass is 806 g/mol. The first-order valence-corrected chi connectivity index (χ1v) is 21.5. The fourth-order valence-electron chi connectivity index (χ4n) is 10.3. The predicted octanol–water partition coefficient (Wildman–Crippen LogP) is 15.0. The van der Waals surface area contributed by atoms with E-state index in [1.54, 1.807) is 0 Å². The van der Waals surface area contributed by atoms with Gasteiger partial charge >= 0.3 is 0 Å². The van der Waals surface area contributed by atoms with Gasteiger partial charge in [0.15, 0.2) is 17.5 Å². The van der Waals surface area contributed by atoms with Crippen molar-refractivity contribution in [2.45, 2.75) is 19.3 Å². The first kappa shape index (κ1) is 35.6. The van der Waals surface area contributed by atoms with Crippen LogP contribution >= 0.6 is 0 Å². The van der Waals surface area contributed by atoms with E-state index in [4.69, 9.17) is 19.4 Å². The fraction of sp³-hybridized carbons (Fsp3) is 0.0517. The Bertz CT molecular complexity index is 3810. The van der Waals surface area contributed by atoms with Crippen LogP contribution in [0.25, 0.3) is 117 Å². The second-order valence-corrected chi connectivity index (χ2v) is 17.1. The largest absolute Gasteiger partial charge is 0.455 e. The number of fused-ring (bicyclic) bond motifs is 12. The Morgan fingerprint density at radius 1 is 0.381 bits per heavy atom. The van der Waals surface area contributed by atoms with E-state index in [2.05, 4.69) is 194 Å². The van der Waals surface area contributed by atoms with E-state index in [-0.39, 0.29) is 5.41 Å². The summed E-state index contributed by atoms with van der Waals surface area (Å²) in [5.74, 6) is 1.84. The van der Waals surface area contributed by atoms with Crippen LogP contribution in [-0.2, 0) is 5.41 Å². The van der Waals surface area contributed by atoms with E-state index in [0.29, 0.717) is 17.5 Å². The zero-order valence-electron chi connectivity index (χ0n) is 34.7. The molecule has 3 aromatic heterocycles. The van der Waals surface area contributed by atoms with E-state index >= 15 is 0 Å². The van der Waals surface area contributed by atoms with Gasteiger partial charge in [0.2, 0.25) is 0 Å². The number of aromatic nitrogens is 4. The molecule has 3 heterocycles. The molecule has 12 aromatic rings. The maximum atomic E-state index is 7.23. The molecule has 0 N–H and O–H groups in total. The van der Waals surface area contributed by atoms with Gasteiger partial charge < -0.3 is 8.98 Å². The van der Waals surface area contributed by atoms with Crippen molar-refractivity contribution < 1.29 is 4.42 Å². The molecule has 13 rings (SSSR count). The van der Waals surface area contributed by atoms with Gasteiger partial charge in [-0.1, -0.05) is 172 Å². The van der Waals surface area contributed by atoms with E-state index in [0.717, 1.165) is 88.0 Å². The van der Waals surface area contributed by atoms with Crippen LogP contribution in [0.3, 0.4) is 0 Å². The molecule has 1 aliphatic rings. The highest BCUT2D eigenvalue weighted by molar-refractivity contribution is 6.32. The van der Waals surface area contributed by atoms with Gasteiger partial charge in [0.05, 0.1) is 11.0 Å². The van der Waals surface area contributed by atoms with Crippen LogP contribution in [0.15, 0.2) is 199 Å². The number of hydrogen-bond acceptors (Lipinski definition) is 4. The average Bonchev–Trinajstić information content (AvgIpc) is 3.97. The molecule has 0 saturated carbocycles. The fourth-order valence-corrected chi connectivity index (χ4v) is 10.3. The standard InChI is InChI=1S/C58H38N4O/c1-58(2)47-27-14-12-23-40(47)41-30-29-37(33-48(41)58)56-59-55(36-19-8-4-9-20-36)60-57(61-56)46-34-50-51(45-24-13-15-28-49(45)62(50)38-21-10-5-11-22-38)52-42(46)31-32-44-43-26-16-25-39(53(43)63-54(44)52)35-17-6-3-7-18-35/h3-34H,1-2H3. The minimum absolute atomic E-state index is 0.176. The molecule has 5 heteroatoms. The van der Waals surface area contributed by atoms with Gasteiger partial charge in [0.1, 0.15) is 11.2 Å². The molecule has 0 amide bonds. The lowest BCUT2D eigenvalue weighted by Gasteiger charge is -2.21. The van der Waals surface area contributed by atoms with E-state index in [9.17, 15) is 0 Å². The maximum absolute atomic E-state index is 7.23. The molecular weight excluding hydrogens is 769 g/mol. The molecule has 0 saturated heterocycles. The molecule has 63 heavy (non-hydrogen) atoms. The van der Waals surface area contributed by atoms with Crippen LogP contribution < -0.4 is 0 Å². The highest BCUT2D eigenvalue weighted by Crippen LogP contribution is 2.50. The second-order valence-electron chi connectivity index (χ2n) is 17.1. The van der Waals surface area contributed by atoms with Crippen LogP contribution in [-0.4, -0.2) is 19.5 Å². The normalized spacial score (nSPS) is 13.0. The minimum atomic E-state index is -0.176. The summed E-state index contributed by atoms with van der Waals surface area (Å²) in [6, 6.07) is 68.7. The van der Waals surface area contributed by atoms with Crippen LogP contribution in [0.1, 0.15) is 25.0 Å². The minimum Gasteiger partial charge on any atom is -0.455 e. The van der Waals surface area contributed by atoms with Gasteiger partial charge in [-0.25, -0.2) is 15.0 Å². The Hall–Kier alpha value is -8.15. The summed E-state index contributed by atoms with van der Waals surface area (Å²) < 4.78 is 9.59. The van der Waals surface area contributed by atoms with Gasteiger partial charge in [0.25, 0.3) is 0 Å². The highest BCUT2D eigenvalue weighted by Gasteiger charge is 2.35. The summed E-state index contributed by atoms with van der Waals surface area (Å²) in [6.07, 6.45) is 0. The smallest absolute Gasteiger partial charge is 0.164 e. The molecule has 9 aromatic carbocycles. The molecule has 0 unspecified atom stereocenters. The highest BCUT2D eigenvalue weighted by atomic mass is 16.3. The first-order valence-electron chi connectivity index (χ1n) is 21.5. The van der Waals surface area contributed by atoms with Crippen molar-refractivity contribution in [3.8, 4) is 62.1 Å². The lowest BCUT2D eigenvalue weighted by molar-refractivity contribution is 0.660. The van der Waals surface area contributed by atoms with Gasteiger partial charge in [0, 0.05) is 60.3 Å². The predicted molar refractivity (Wildman–Crippen MR) is 258 cm³/mol. The summed E-state index contributed by atoms with van der Waals surface area (Å²) in [5.41, 5.74) is 14.8. The Morgan fingerprint density at radius 2 is 0.984 bits per heavy atom. The molecule has 0 radical (unpaired) electrons. The molecule has 296 valence electrons. The van der Waals surface area contributed by atoms with Crippen LogP contribution in [0, 0.1) is 0 Å². The molecule has 0 spiro atoms. The van der Waals surface area contributed by atoms with Crippen molar-refractivity contribution in [1.82, 2.24) is 19.5 Å². The Kier molecular flexibility index (Phi) is 7.58. The van der Waals surface area contributed by atoms with E-state index in [1.165, 1.54) is 22.3 Å². The number of nitrogens with zero attached hydrogens (tertiary/aromatic N) is 4. The number of benzene rings is 9. The quantitative estimate of drug-likeness (QED) is 0.174. The second kappa shape index (κ2) is 13.4. The summed E-state index contributed by atoms with van der Waals surface area (Å²) in [7, 11) is 0. The zero-order chi connectivity index (χ0) is 41.8. The number of furan rings is 1. The summed E-state index contributed by atoms with van der Waals surface area (Å²) in [6.45, 7) is 4.62. The van der Waals surface area contributed by atoms with E-state index in [1.807, 2.05) is 18.2 Å². The van der Waals surface area contributed by atoms with Crippen LogP contribution in [0.5, 0.6) is 0 Å². The van der Waals surface area contributed by atoms with Gasteiger partial charge in [-0.3, -0.25) is 0 Å². The summed E-state index contributed by atoms with van der Waals surface area (Å²) in [5, 5.41) is 6.45. The number of para-hydroxylation sites is 3. The summed E-state index contributed by atoms with van der Waals surface area (Å²) >= 11 is 0. The third-order valence-corrected chi connectivity index (χ3v) is 13.2. The lowest BCUT2D eigenvalue weighted by Crippen LogP contribution is -2.15. The van der Waals surface area contributed by atoms with Gasteiger partial charge in [-0.15, -0.1) is 0 Å². The van der Waals surface area contributed by atoms with Gasteiger partial charge in [-0.2, -0.15) is 0 Å². The summed E-state index contributed by atoms with van der Waals surface area (Å²) in [4.78, 5) is 16.0. The van der Waals surface area contributed by atoms with Crippen molar-refractivity contribution in [2.24, 2.45) is 0 Å².